The fraction of sp³-hybridized carbons (Fsp3) is 0.571. The third kappa shape index (κ3) is 2.68. The average molecular weight is 281 g/mol. The normalized spacial score (nSPS) is 33.0. The summed E-state index contributed by atoms with van der Waals surface area (Å²) in [6, 6.07) is 8.28. The Kier molecular flexibility index (Phi) is 3.15. The summed E-state index contributed by atoms with van der Waals surface area (Å²) in [6.45, 7) is 3.24. The summed E-state index contributed by atoms with van der Waals surface area (Å²) in [5.41, 5.74) is 2.09. The van der Waals surface area contributed by atoms with E-state index in [4.69, 9.17) is 4.74 Å². The quantitative estimate of drug-likeness (QED) is 0.891. The maximum absolute atomic E-state index is 11.7. The first-order valence-electron chi connectivity index (χ1n) is 6.61. The van der Waals surface area contributed by atoms with Gasteiger partial charge >= 0.3 is 0 Å². The zero-order valence-corrected chi connectivity index (χ0v) is 11.9. The summed E-state index contributed by atoms with van der Waals surface area (Å²) in [6.07, 6.45) is 0.675. The monoisotopic (exact) mass is 281 g/mol. The molecule has 19 heavy (non-hydrogen) atoms. The fourth-order valence-electron chi connectivity index (χ4n) is 3.05. The van der Waals surface area contributed by atoms with E-state index >= 15 is 0 Å². The molecule has 0 radical (unpaired) electrons. The van der Waals surface area contributed by atoms with Crippen LogP contribution in [0.1, 0.15) is 30.5 Å². The van der Waals surface area contributed by atoms with Gasteiger partial charge in [0.15, 0.2) is 9.84 Å². The van der Waals surface area contributed by atoms with E-state index < -0.39 is 9.84 Å². The zero-order valence-electron chi connectivity index (χ0n) is 11.1. The Bertz CT molecular complexity index is 584. The third-order valence-corrected chi connectivity index (χ3v) is 5.90. The van der Waals surface area contributed by atoms with Crippen LogP contribution in [0.5, 0.6) is 0 Å². The first kappa shape index (κ1) is 13.1. The molecular formula is C14H19NO3S. The standard InChI is InChI=1S/C14H19NO3S/c1-14(6-7-19(16,17)10-14)15-13-9-18-8-11-4-2-3-5-12(11)13/h2-5,13,15H,6-10H2,1H3. The molecule has 3 rings (SSSR count). The second-order valence-electron chi connectivity index (χ2n) is 5.81. The van der Waals surface area contributed by atoms with Crippen molar-refractivity contribution in [2.45, 2.75) is 31.5 Å². The smallest absolute Gasteiger partial charge is 0.152 e. The minimum absolute atomic E-state index is 0.0863. The van der Waals surface area contributed by atoms with Crippen molar-refractivity contribution in [2.24, 2.45) is 0 Å². The van der Waals surface area contributed by atoms with Crippen LogP contribution in [0.25, 0.3) is 0 Å². The molecule has 0 saturated carbocycles. The summed E-state index contributed by atoms with van der Waals surface area (Å²) in [5.74, 6) is 0.504. The molecule has 0 bridgehead atoms. The molecule has 1 aromatic rings. The minimum atomic E-state index is -2.89. The van der Waals surface area contributed by atoms with E-state index in [1.165, 1.54) is 11.1 Å². The number of fused-ring (bicyclic) bond motifs is 1. The maximum Gasteiger partial charge on any atom is 0.152 e. The topological polar surface area (TPSA) is 55.4 Å². The van der Waals surface area contributed by atoms with Gasteiger partial charge in [-0.1, -0.05) is 24.3 Å². The average Bonchev–Trinajstić information content (AvgIpc) is 2.64. The van der Waals surface area contributed by atoms with Gasteiger partial charge in [0.1, 0.15) is 0 Å². The highest BCUT2D eigenvalue weighted by atomic mass is 32.2. The van der Waals surface area contributed by atoms with Crippen LogP contribution in [0.15, 0.2) is 24.3 Å². The van der Waals surface area contributed by atoms with Gasteiger partial charge in [0.2, 0.25) is 0 Å². The van der Waals surface area contributed by atoms with Crippen LogP contribution >= 0.6 is 0 Å². The molecule has 2 aliphatic heterocycles. The predicted molar refractivity (Wildman–Crippen MR) is 73.7 cm³/mol. The molecular weight excluding hydrogens is 262 g/mol. The van der Waals surface area contributed by atoms with E-state index in [9.17, 15) is 8.42 Å². The highest BCUT2D eigenvalue weighted by molar-refractivity contribution is 7.91. The largest absolute Gasteiger partial charge is 0.375 e. The van der Waals surface area contributed by atoms with Gasteiger partial charge in [0, 0.05) is 5.54 Å². The van der Waals surface area contributed by atoms with Gasteiger partial charge in [-0.3, -0.25) is 0 Å². The Morgan fingerprint density at radius 2 is 2.16 bits per heavy atom. The molecule has 2 heterocycles. The lowest BCUT2D eigenvalue weighted by molar-refractivity contribution is 0.0733. The van der Waals surface area contributed by atoms with Crippen molar-refractivity contribution in [2.75, 3.05) is 18.1 Å². The van der Waals surface area contributed by atoms with Gasteiger partial charge in [0.25, 0.3) is 0 Å². The summed E-state index contributed by atoms with van der Waals surface area (Å²) < 4.78 is 28.9. The lowest BCUT2D eigenvalue weighted by Crippen LogP contribution is -2.47. The van der Waals surface area contributed by atoms with Crippen molar-refractivity contribution >= 4 is 9.84 Å². The van der Waals surface area contributed by atoms with Crippen LogP contribution in [0.2, 0.25) is 0 Å². The second-order valence-corrected chi connectivity index (χ2v) is 8.00. The molecule has 0 aliphatic carbocycles. The molecule has 0 amide bonds. The number of ether oxygens (including phenoxy) is 1. The summed E-state index contributed by atoms with van der Waals surface area (Å²) >= 11 is 0. The van der Waals surface area contributed by atoms with E-state index in [1.54, 1.807) is 0 Å². The Hall–Kier alpha value is -0.910. The molecule has 104 valence electrons. The molecule has 1 aromatic carbocycles. The number of rotatable bonds is 2. The second kappa shape index (κ2) is 4.58. The first-order valence-corrected chi connectivity index (χ1v) is 8.43. The predicted octanol–water partition coefficient (Wildman–Crippen LogP) is 1.42. The van der Waals surface area contributed by atoms with E-state index in [1.807, 2.05) is 19.1 Å². The molecule has 1 fully saturated rings. The van der Waals surface area contributed by atoms with Crippen molar-refractivity contribution in [1.82, 2.24) is 5.32 Å². The van der Waals surface area contributed by atoms with Crippen molar-refractivity contribution < 1.29 is 13.2 Å². The fourth-order valence-corrected chi connectivity index (χ4v) is 5.15. The summed E-state index contributed by atoms with van der Waals surface area (Å²) in [5, 5.41) is 3.50. The van der Waals surface area contributed by atoms with Crippen LogP contribution in [0, 0.1) is 0 Å². The van der Waals surface area contributed by atoms with Crippen molar-refractivity contribution in [1.29, 1.82) is 0 Å². The first-order chi connectivity index (χ1) is 8.98. The number of nitrogens with one attached hydrogen (secondary N) is 1. The molecule has 2 unspecified atom stereocenters. The van der Waals surface area contributed by atoms with E-state index in [-0.39, 0.29) is 23.1 Å². The van der Waals surface area contributed by atoms with Gasteiger partial charge < -0.3 is 10.1 Å². The van der Waals surface area contributed by atoms with Crippen molar-refractivity contribution in [3.05, 3.63) is 35.4 Å². The molecule has 0 aromatic heterocycles. The van der Waals surface area contributed by atoms with E-state index in [0.29, 0.717) is 19.6 Å². The number of sulfone groups is 1. The van der Waals surface area contributed by atoms with Crippen LogP contribution in [0.3, 0.4) is 0 Å². The molecule has 4 nitrogen and oxygen atoms in total. The lowest BCUT2D eigenvalue weighted by atomic mass is 9.94. The van der Waals surface area contributed by atoms with E-state index in [2.05, 4.69) is 17.4 Å². The minimum Gasteiger partial charge on any atom is -0.375 e. The van der Waals surface area contributed by atoms with Crippen LogP contribution < -0.4 is 5.32 Å². The molecule has 1 N–H and O–H groups in total. The van der Waals surface area contributed by atoms with E-state index in [0.717, 1.165) is 0 Å². The highest BCUT2D eigenvalue weighted by Crippen LogP contribution is 2.30. The highest BCUT2D eigenvalue weighted by Gasteiger charge is 2.40. The van der Waals surface area contributed by atoms with Crippen LogP contribution in [-0.2, 0) is 21.2 Å². The SMILES string of the molecule is CC1(NC2COCc3ccccc32)CCS(=O)(=O)C1. The van der Waals surface area contributed by atoms with Gasteiger partial charge in [0.05, 0.1) is 30.8 Å². The Balaban J connectivity index is 1.82. The lowest BCUT2D eigenvalue weighted by Gasteiger charge is -2.34. The third-order valence-electron chi connectivity index (χ3n) is 4.00. The molecule has 0 spiro atoms. The van der Waals surface area contributed by atoms with Crippen LogP contribution in [-0.4, -0.2) is 32.1 Å². The summed E-state index contributed by atoms with van der Waals surface area (Å²) in [4.78, 5) is 0. The zero-order chi connectivity index (χ0) is 13.5. The maximum atomic E-state index is 11.7. The molecule has 2 aliphatic rings. The molecule has 2 atom stereocenters. The Morgan fingerprint density at radius 1 is 1.37 bits per heavy atom. The van der Waals surface area contributed by atoms with Gasteiger partial charge in [-0.25, -0.2) is 8.42 Å². The molecule has 1 saturated heterocycles. The Labute approximate surface area is 114 Å². The number of hydrogen-bond donors (Lipinski definition) is 1. The van der Waals surface area contributed by atoms with Gasteiger partial charge in [-0.05, 0) is 24.5 Å². The van der Waals surface area contributed by atoms with Gasteiger partial charge in [-0.15, -0.1) is 0 Å². The Morgan fingerprint density at radius 3 is 2.89 bits per heavy atom. The van der Waals surface area contributed by atoms with Crippen LogP contribution in [0.4, 0.5) is 0 Å². The number of hydrogen-bond acceptors (Lipinski definition) is 4. The van der Waals surface area contributed by atoms with Crippen molar-refractivity contribution in [3.63, 3.8) is 0 Å². The van der Waals surface area contributed by atoms with Crippen molar-refractivity contribution in [3.8, 4) is 0 Å². The van der Waals surface area contributed by atoms with Gasteiger partial charge in [-0.2, -0.15) is 0 Å². The number of benzene rings is 1. The molecule has 5 heteroatoms. The summed E-state index contributed by atoms with van der Waals surface area (Å²) in [7, 11) is -2.89.